The molecular weight excluding hydrogens is 362 g/mol. The molecule has 1 aromatic carbocycles. The number of halogens is 2. The van der Waals surface area contributed by atoms with Gasteiger partial charge in [0.2, 0.25) is 11.9 Å². The molecule has 9 nitrogen and oxygen atoms in total. The van der Waals surface area contributed by atoms with Crippen molar-refractivity contribution in [2.45, 2.75) is 26.5 Å². The quantitative estimate of drug-likeness (QED) is 0.624. The van der Waals surface area contributed by atoms with Crippen molar-refractivity contribution in [3.05, 3.63) is 41.2 Å². The van der Waals surface area contributed by atoms with Gasteiger partial charge >= 0.3 is 5.97 Å². The molecule has 0 radical (unpaired) electrons. The Labute approximate surface area is 153 Å². The first-order valence-electron chi connectivity index (χ1n) is 7.86. The Kier molecular flexibility index (Phi) is 6.16. The molecule has 0 saturated carbocycles. The third kappa shape index (κ3) is 5.06. The van der Waals surface area contributed by atoms with Crippen LogP contribution in [0.2, 0.25) is 0 Å². The van der Waals surface area contributed by atoms with E-state index in [0.29, 0.717) is 0 Å². The molecule has 0 saturated heterocycles. The van der Waals surface area contributed by atoms with Crippen molar-refractivity contribution in [1.29, 1.82) is 0 Å². The molecule has 1 amide bonds. The Balaban J connectivity index is 2.10. The van der Waals surface area contributed by atoms with Crippen molar-refractivity contribution >= 4 is 23.8 Å². The van der Waals surface area contributed by atoms with Crippen LogP contribution in [0.5, 0.6) is 0 Å². The summed E-state index contributed by atoms with van der Waals surface area (Å²) in [5.41, 5.74) is 10.1. The maximum absolute atomic E-state index is 13.7. The van der Waals surface area contributed by atoms with Gasteiger partial charge in [0.05, 0.1) is 0 Å². The zero-order valence-electron chi connectivity index (χ0n) is 14.6. The number of esters is 1. The number of anilines is 2. The fraction of sp³-hybridized carbons (Fsp3) is 0.312. The number of hydrogen-bond acceptors (Lipinski definition) is 8. The molecule has 0 spiro atoms. The zero-order valence-corrected chi connectivity index (χ0v) is 14.6. The number of aromatic nitrogens is 3. The van der Waals surface area contributed by atoms with E-state index in [9.17, 15) is 18.4 Å². The summed E-state index contributed by atoms with van der Waals surface area (Å²) in [7, 11) is 0. The molecule has 27 heavy (non-hydrogen) atoms. The number of ether oxygens (including phenoxy) is 1. The van der Waals surface area contributed by atoms with Gasteiger partial charge in [0.15, 0.2) is 12.4 Å². The van der Waals surface area contributed by atoms with Crippen LogP contribution in [0.4, 0.5) is 20.7 Å². The van der Waals surface area contributed by atoms with Crippen molar-refractivity contribution in [3.63, 3.8) is 0 Å². The minimum Gasteiger partial charge on any atom is -0.456 e. The van der Waals surface area contributed by atoms with Crippen LogP contribution in [0.15, 0.2) is 18.2 Å². The van der Waals surface area contributed by atoms with Gasteiger partial charge in [-0.05, 0) is 18.1 Å². The number of carbonyl (C=O) groups excluding carboxylic acids is 2. The summed E-state index contributed by atoms with van der Waals surface area (Å²) >= 11 is 0. The summed E-state index contributed by atoms with van der Waals surface area (Å²) in [6, 6.07) is 1.85. The number of amides is 1. The maximum atomic E-state index is 13.7. The van der Waals surface area contributed by atoms with Crippen LogP contribution in [0.3, 0.4) is 0 Å². The third-order valence-electron chi connectivity index (χ3n) is 3.46. The van der Waals surface area contributed by atoms with Gasteiger partial charge in [0.1, 0.15) is 23.2 Å². The molecule has 11 heteroatoms. The lowest BCUT2D eigenvalue weighted by atomic mass is 10.0. The number of carbonyl (C=O) groups is 2. The number of nitrogens with two attached hydrogens (primary N) is 2. The number of nitrogens with one attached hydrogen (secondary N) is 1. The van der Waals surface area contributed by atoms with Crippen LogP contribution in [0, 0.1) is 17.6 Å². The van der Waals surface area contributed by atoms with Crippen LogP contribution in [-0.4, -0.2) is 32.9 Å². The van der Waals surface area contributed by atoms with E-state index in [1.807, 2.05) is 0 Å². The molecule has 1 atom stereocenters. The van der Waals surface area contributed by atoms with Gasteiger partial charge in [-0.1, -0.05) is 19.9 Å². The lowest BCUT2D eigenvalue weighted by Crippen LogP contribution is -2.45. The predicted octanol–water partition coefficient (Wildman–Crippen LogP) is 0.812. The van der Waals surface area contributed by atoms with Crippen molar-refractivity contribution < 1.29 is 23.1 Å². The number of hydrogen-bond donors (Lipinski definition) is 3. The number of nitrogen functional groups attached to an aromatic ring is 2. The van der Waals surface area contributed by atoms with E-state index in [2.05, 4.69) is 20.3 Å². The molecule has 2 rings (SSSR count). The van der Waals surface area contributed by atoms with E-state index in [1.165, 1.54) is 0 Å². The summed E-state index contributed by atoms with van der Waals surface area (Å²) in [6.45, 7) is 2.88. The van der Waals surface area contributed by atoms with E-state index < -0.39 is 41.0 Å². The standard InChI is InChI=1S/C16H18F2N6O3/c1-7(2)12(23-13(25)11-8(17)4-3-5-9(11)18)14(26)27-6-10-21-15(19)24-16(20)22-10/h3-5,7,12H,6H2,1-2H3,(H,23,25)(H4,19,20,21,22,24)/t12-/m0/s1. The normalized spacial score (nSPS) is 11.9. The zero-order chi connectivity index (χ0) is 20.1. The monoisotopic (exact) mass is 380 g/mol. The first kappa shape index (κ1) is 19.9. The topological polar surface area (TPSA) is 146 Å². The molecule has 0 unspecified atom stereocenters. The highest BCUT2D eigenvalue weighted by Crippen LogP contribution is 2.14. The molecule has 1 aromatic heterocycles. The van der Waals surface area contributed by atoms with Crippen molar-refractivity contribution in [2.24, 2.45) is 5.92 Å². The highest BCUT2D eigenvalue weighted by atomic mass is 19.1. The van der Waals surface area contributed by atoms with Gasteiger partial charge in [0.25, 0.3) is 5.91 Å². The number of benzene rings is 1. The predicted molar refractivity (Wildman–Crippen MR) is 90.9 cm³/mol. The fourth-order valence-electron chi connectivity index (χ4n) is 2.17. The maximum Gasteiger partial charge on any atom is 0.329 e. The molecule has 0 aliphatic rings. The average Bonchev–Trinajstić information content (AvgIpc) is 2.56. The Hall–Kier alpha value is -3.37. The number of nitrogens with zero attached hydrogens (tertiary/aromatic N) is 3. The fourth-order valence-corrected chi connectivity index (χ4v) is 2.17. The van der Waals surface area contributed by atoms with Gasteiger partial charge < -0.3 is 21.5 Å². The second-order valence-electron chi connectivity index (χ2n) is 5.87. The molecule has 1 heterocycles. The lowest BCUT2D eigenvalue weighted by Gasteiger charge is -2.21. The van der Waals surface area contributed by atoms with Crippen LogP contribution in [0.1, 0.15) is 30.0 Å². The van der Waals surface area contributed by atoms with Crippen LogP contribution in [0.25, 0.3) is 0 Å². The van der Waals surface area contributed by atoms with E-state index in [1.54, 1.807) is 13.8 Å². The van der Waals surface area contributed by atoms with Gasteiger partial charge in [0, 0.05) is 0 Å². The van der Waals surface area contributed by atoms with E-state index >= 15 is 0 Å². The summed E-state index contributed by atoms with van der Waals surface area (Å²) in [4.78, 5) is 35.6. The molecule has 0 fully saturated rings. The first-order valence-corrected chi connectivity index (χ1v) is 7.86. The SMILES string of the molecule is CC(C)[C@H](NC(=O)c1c(F)cccc1F)C(=O)OCc1nc(N)nc(N)n1. The molecule has 2 aromatic rings. The minimum atomic E-state index is -1.16. The third-order valence-corrected chi connectivity index (χ3v) is 3.46. The van der Waals surface area contributed by atoms with Gasteiger partial charge in [-0.3, -0.25) is 4.79 Å². The van der Waals surface area contributed by atoms with Crippen LogP contribution >= 0.6 is 0 Å². The molecule has 0 aliphatic carbocycles. The van der Waals surface area contributed by atoms with Crippen LogP contribution in [-0.2, 0) is 16.1 Å². The van der Waals surface area contributed by atoms with Crippen molar-refractivity contribution in [1.82, 2.24) is 20.3 Å². The highest BCUT2D eigenvalue weighted by molar-refractivity contribution is 5.97. The second kappa shape index (κ2) is 8.34. The highest BCUT2D eigenvalue weighted by Gasteiger charge is 2.28. The molecule has 5 N–H and O–H groups in total. The number of rotatable bonds is 6. The summed E-state index contributed by atoms with van der Waals surface area (Å²) in [5.74, 6) is -4.69. The summed E-state index contributed by atoms with van der Waals surface area (Å²) in [5, 5.41) is 2.28. The Morgan fingerprint density at radius 1 is 1.11 bits per heavy atom. The lowest BCUT2D eigenvalue weighted by molar-refractivity contribution is -0.148. The van der Waals surface area contributed by atoms with Gasteiger partial charge in [-0.25, -0.2) is 13.6 Å². The summed E-state index contributed by atoms with van der Waals surface area (Å²) in [6.07, 6.45) is 0. The van der Waals surface area contributed by atoms with E-state index in [0.717, 1.165) is 18.2 Å². The molecule has 144 valence electrons. The minimum absolute atomic E-state index is 0.0160. The van der Waals surface area contributed by atoms with Gasteiger partial charge in [-0.2, -0.15) is 15.0 Å². The second-order valence-corrected chi connectivity index (χ2v) is 5.87. The average molecular weight is 380 g/mol. The first-order chi connectivity index (χ1) is 12.7. The molecular formula is C16H18F2N6O3. The smallest absolute Gasteiger partial charge is 0.329 e. The van der Waals surface area contributed by atoms with Crippen molar-refractivity contribution in [2.75, 3.05) is 11.5 Å². The Morgan fingerprint density at radius 2 is 1.67 bits per heavy atom. The molecule has 0 bridgehead atoms. The Bertz CT molecular complexity index is 822. The van der Waals surface area contributed by atoms with E-state index in [-0.39, 0.29) is 24.3 Å². The molecule has 0 aliphatic heterocycles. The Morgan fingerprint density at radius 3 is 2.19 bits per heavy atom. The van der Waals surface area contributed by atoms with E-state index in [4.69, 9.17) is 16.2 Å². The van der Waals surface area contributed by atoms with Gasteiger partial charge in [-0.15, -0.1) is 0 Å². The summed E-state index contributed by atoms with van der Waals surface area (Å²) < 4.78 is 32.5. The van der Waals surface area contributed by atoms with Crippen LogP contribution < -0.4 is 16.8 Å². The largest absolute Gasteiger partial charge is 0.456 e. The van der Waals surface area contributed by atoms with Crippen molar-refractivity contribution in [3.8, 4) is 0 Å².